The van der Waals surface area contributed by atoms with Gasteiger partial charge in [0.15, 0.2) is 6.61 Å². The molecule has 0 saturated heterocycles. The summed E-state index contributed by atoms with van der Waals surface area (Å²) in [6.07, 6.45) is 1.19. The van der Waals surface area contributed by atoms with Crippen LogP contribution in [-0.2, 0) is 22.4 Å². The third-order valence-corrected chi connectivity index (χ3v) is 5.55. The molecule has 2 unspecified atom stereocenters. The average molecular weight is 418 g/mol. The predicted octanol–water partition coefficient (Wildman–Crippen LogP) is 3.71. The average Bonchev–Trinajstić information content (AvgIpc) is 2.70. The van der Waals surface area contributed by atoms with Gasteiger partial charge >= 0.3 is 5.97 Å². The molecule has 2 N–H and O–H groups in total. The summed E-state index contributed by atoms with van der Waals surface area (Å²) < 4.78 is 10.5. The standard InChI is InChI=1S/C23H28ClNO4/c1-3-28-23(27)14-29-20-8-7-16-9-15(2)21(12-18(16)11-20)25-13-22(26)17-5-4-6-19(24)10-17/h4-8,10-11,15,21-22,25-26H,3,9,12-14H2,1-2H3/t15?,21?,22-/m0/s1. The van der Waals surface area contributed by atoms with Crippen molar-refractivity contribution in [2.24, 2.45) is 5.92 Å². The second kappa shape index (κ2) is 10.1. The van der Waals surface area contributed by atoms with Crippen LogP contribution < -0.4 is 10.1 Å². The van der Waals surface area contributed by atoms with Gasteiger partial charge in [-0.2, -0.15) is 0 Å². The summed E-state index contributed by atoms with van der Waals surface area (Å²) in [4.78, 5) is 11.5. The van der Waals surface area contributed by atoms with Crippen LogP contribution in [0.25, 0.3) is 0 Å². The summed E-state index contributed by atoms with van der Waals surface area (Å²) in [6, 6.07) is 13.5. The SMILES string of the molecule is CCOC(=O)COc1ccc2c(c1)CC(NC[C@H](O)c1cccc(Cl)c1)C(C)C2. The number of nitrogens with one attached hydrogen (secondary N) is 1. The van der Waals surface area contributed by atoms with Crippen molar-refractivity contribution in [2.45, 2.75) is 38.8 Å². The normalized spacial score (nSPS) is 19.3. The van der Waals surface area contributed by atoms with Crippen molar-refractivity contribution in [3.63, 3.8) is 0 Å². The summed E-state index contributed by atoms with van der Waals surface area (Å²) in [5.41, 5.74) is 3.32. The molecule has 0 radical (unpaired) electrons. The predicted molar refractivity (Wildman–Crippen MR) is 113 cm³/mol. The van der Waals surface area contributed by atoms with Crippen LogP contribution in [0.5, 0.6) is 5.75 Å². The zero-order chi connectivity index (χ0) is 20.8. The summed E-state index contributed by atoms with van der Waals surface area (Å²) in [5, 5.41) is 14.6. The number of benzene rings is 2. The van der Waals surface area contributed by atoms with Gasteiger partial charge in [-0.1, -0.05) is 36.7 Å². The van der Waals surface area contributed by atoms with Gasteiger partial charge in [0.1, 0.15) is 5.75 Å². The van der Waals surface area contributed by atoms with E-state index in [4.69, 9.17) is 21.1 Å². The van der Waals surface area contributed by atoms with Crippen molar-refractivity contribution in [3.05, 3.63) is 64.2 Å². The molecule has 0 amide bonds. The van der Waals surface area contributed by atoms with Gasteiger partial charge < -0.3 is 19.9 Å². The molecule has 1 aliphatic carbocycles. The van der Waals surface area contributed by atoms with Gasteiger partial charge in [-0.15, -0.1) is 0 Å². The molecule has 0 bridgehead atoms. The van der Waals surface area contributed by atoms with Crippen molar-refractivity contribution >= 4 is 17.6 Å². The Balaban J connectivity index is 1.59. The number of carbonyl (C=O) groups excluding carboxylic acids is 1. The molecule has 6 heteroatoms. The molecule has 29 heavy (non-hydrogen) atoms. The number of ether oxygens (including phenoxy) is 2. The summed E-state index contributed by atoms with van der Waals surface area (Å²) >= 11 is 6.02. The molecule has 0 fully saturated rings. The maximum Gasteiger partial charge on any atom is 0.344 e. The Morgan fingerprint density at radius 1 is 1.24 bits per heavy atom. The first-order valence-electron chi connectivity index (χ1n) is 10.0. The van der Waals surface area contributed by atoms with Crippen molar-refractivity contribution in [1.82, 2.24) is 5.32 Å². The summed E-state index contributed by atoms with van der Waals surface area (Å²) in [7, 11) is 0. The lowest BCUT2D eigenvalue weighted by Crippen LogP contribution is -2.42. The molecule has 0 spiro atoms. The molecule has 5 nitrogen and oxygen atoms in total. The van der Waals surface area contributed by atoms with Gasteiger partial charge in [-0.25, -0.2) is 4.79 Å². The largest absolute Gasteiger partial charge is 0.482 e. The molecule has 0 aliphatic heterocycles. The van der Waals surface area contributed by atoms with Crippen LogP contribution in [0.1, 0.15) is 36.6 Å². The molecule has 0 saturated carbocycles. The highest BCUT2D eigenvalue weighted by atomic mass is 35.5. The Bertz CT molecular complexity index is 841. The van der Waals surface area contributed by atoms with E-state index < -0.39 is 6.10 Å². The number of rotatable bonds is 8. The second-order valence-corrected chi connectivity index (χ2v) is 7.93. The number of carbonyl (C=O) groups is 1. The van der Waals surface area contributed by atoms with E-state index in [9.17, 15) is 9.90 Å². The third-order valence-electron chi connectivity index (χ3n) is 5.32. The third kappa shape index (κ3) is 5.95. The smallest absolute Gasteiger partial charge is 0.344 e. The molecule has 0 heterocycles. The minimum Gasteiger partial charge on any atom is -0.482 e. The van der Waals surface area contributed by atoms with Gasteiger partial charge in [0, 0.05) is 17.6 Å². The minimum absolute atomic E-state index is 0.0868. The fraction of sp³-hybridized carbons (Fsp3) is 0.435. The first kappa shape index (κ1) is 21.6. The quantitative estimate of drug-likeness (QED) is 0.641. The molecule has 0 aromatic heterocycles. The number of hydrogen-bond acceptors (Lipinski definition) is 5. The number of aliphatic hydroxyl groups is 1. The van der Waals surface area contributed by atoms with Crippen LogP contribution in [0, 0.1) is 5.92 Å². The zero-order valence-corrected chi connectivity index (χ0v) is 17.6. The van der Waals surface area contributed by atoms with E-state index in [1.165, 1.54) is 11.1 Å². The molecular formula is C23H28ClNO4. The maximum absolute atomic E-state index is 11.5. The number of hydrogen-bond donors (Lipinski definition) is 2. The monoisotopic (exact) mass is 417 g/mol. The fourth-order valence-electron chi connectivity index (χ4n) is 3.72. The molecular weight excluding hydrogens is 390 g/mol. The Hall–Kier alpha value is -2.08. The number of esters is 1. The Morgan fingerprint density at radius 3 is 2.83 bits per heavy atom. The Kier molecular flexibility index (Phi) is 7.53. The van der Waals surface area contributed by atoms with Crippen molar-refractivity contribution < 1.29 is 19.4 Å². The number of halogens is 1. The summed E-state index contributed by atoms with van der Waals surface area (Å²) in [6.45, 7) is 4.71. The molecule has 3 atom stereocenters. The van der Waals surface area contributed by atoms with Crippen molar-refractivity contribution in [1.29, 1.82) is 0 Å². The highest BCUT2D eigenvalue weighted by Crippen LogP contribution is 2.29. The van der Waals surface area contributed by atoms with Crippen LogP contribution in [0.4, 0.5) is 0 Å². The van der Waals surface area contributed by atoms with E-state index in [0.29, 0.717) is 29.8 Å². The zero-order valence-electron chi connectivity index (χ0n) is 16.9. The van der Waals surface area contributed by atoms with Gasteiger partial charge in [0.2, 0.25) is 0 Å². The molecule has 2 aromatic rings. The molecule has 1 aliphatic rings. The first-order valence-corrected chi connectivity index (χ1v) is 10.4. The second-order valence-electron chi connectivity index (χ2n) is 7.50. The first-order chi connectivity index (χ1) is 14.0. The maximum atomic E-state index is 11.5. The van der Waals surface area contributed by atoms with E-state index >= 15 is 0 Å². The minimum atomic E-state index is -0.610. The van der Waals surface area contributed by atoms with E-state index in [1.54, 1.807) is 19.1 Å². The highest BCUT2D eigenvalue weighted by molar-refractivity contribution is 6.30. The summed E-state index contributed by atoms with van der Waals surface area (Å²) in [5.74, 6) is 0.748. The van der Waals surface area contributed by atoms with E-state index in [2.05, 4.69) is 18.3 Å². The van der Waals surface area contributed by atoms with E-state index in [0.717, 1.165) is 18.4 Å². The van der Waals surface area contributed by atoms with E-state index in [1.807, 2.05) is 24.3 Å². The van der Waals surface area contributed by atoms with Gasteiger partial charge in [0.05, 0.1) is 12.7 Å². The van der Waals surface area contributed by atoms with Crippen molar-refractivity contribution in [2.75, 3.05) is 19.8 Å². The van der Waals surface area contributed by atoms with Crippen LogP contribution in [-0.4, -0.2) is 36.9 Å². The number of fused-ring (bicyclic) bond motifs is 1. The van der Waals surface area contributed by atoms with Crippen LogP contribution in [0.15, 0.2) is 42.5 Å². The van der Waals surface area contributed by atoms with Crippen molar-refractivity contribution in [3.8, 4) is 5.75 Å². The lowest BCUT2D eigenvalue weighted by molar-refractivity contribution is -0.145. The topological polar surface area (TPSA) is 67.8 Å². The molecule has 156 valence electrons. The number of aliphatic hydroxyl groups excluding tert-OH is 1. The van der Waals surface area contributed by atoms with Gasteiger partial charge in [-0.3, -0.25) is 0 Å². The lowest BCUT2D eigenvalue weighted by Gasteiger charge is -2.32. The lowest BCUT2D eigenvalue weighted by atomic mass is 9.81. The van der Waals surface area contributed by atoms with Gasteiger partial charge in [-0.05, 0) is 66.6 Å². The van der Waals surface area contributed by atoms with Crippen LogP contribution in [0.3, 0.4) is 0 Å². The fourth-order valence-corrected chi connectivity index (χ4v) is 3.92. The Morgan fingerprint density at radius 2 is 2.07 bits per heavy atom. The van der Waals surface area contributed by atoms with Gasteiger partial charge in [0.25, 0.3) is 0 Å². The van der Waals surface area contributed by atoms with E-state index in [-0.39, 0.29) is 18.6 Å². The van der Waals surface area contributed by atoms with Crippen LogP contribution in [0.2, 0.25) is 5.02 Å². The Labute approximate surface area is 177 Å². The van der Waals surface area contributed by atoms with Crippen LogP contribution >= 0.6 is 11.6 Å². The molecule has 3 rings (SSSR count). The highest BCUT2D eigenvalue weighted by Gasteiger charge is 2.26. The molecule has 2 aromatic carbocycles.